The number of nitrogens with zero attached hydrogens (tertiary/aromatic N) is 2. The lowest BCUT2D eigenvalue weighted by Crippen LogP contribution is -2.40. The molecule has 0 fully saturated rings. The summed E-state index contributed by atoms with van der Waals surface area (Å²) >= 11 is 0.294. The Morgan fingerprint density at radius 1 is 0.711 bits per heavy atom. The van der Waals surface area contributed by atoms with Gasteiger partial charge in [-0.1, -0.05) is 120 Å². The Bertz CT molecular complexity index is 2070. The number of rotatable bonds is 35. The lowest BCUT2D eigenvalue weighted by atomic mass is 9.81. The van der Waals surface area contributed by atoms with E-state index in [2.05, 4.69) is 108 Å². The van der Waals surface area contributed by atoms with E-state index < -0.39 is 22.2 Å². The molecule has 2 aliphatic heterocycles. The third-order valence-electron chi connectivity index (χ3n) is 12.2. The molecule has 20 heteroatoms. The van der Waals surface area contributed by atoms with Crippen LogP contribution < -0.4 is 15.5 Å². The fourth-order valence-corrected chi connectivity index (χ4v) is 9.61. The summed E-state index contributed by atoms with van der Waals surface area (Å²) in [5, 5.41) is 6.26. The van der Waals surface area contributed by atoms with Gasteiger partial charge in [-0.15, -0.1) is 13.2 Å². The van der Waals surface area contributed by atoms with Crippen LogP contribution in [0.3, 0.4) is 0 Å². The second-order valence-electron chi connectivity index (χ2n) is 19.7. The van der Waals surface area contributed by atoms with Gasteiger partial charge in [0.25, 0.3) is 11.8 Å². The zero-order chi connectivity index (χ0) is 63.5. The number of benzene rings is 2. The van der Waals surface area contributed by atoms with E-state index >= 15 is 0 Å². The number of fused-ring (bicyclic) bond motifs is 1. The molecule has 0 radical (unpaired) electrons. The van der Waals surface area contributed by atoms with Crippen LogP contribution in [0.1, 0.15) is 165 Å². The van der Waals surface area contributed by atoms with Crippen molar-refractivity contribution in [1.29, 1.82) is 0 Å². The van der Waals surface area contributed by atoms with Gasteiger partial charge in [0.15, 0.2) is 22.2 Å². The molecule has 83 heavy (non-hydrogen) atoms. The van der Waals surface area contributed by atoms with Crippen LogP contribution in [0.15, 0.2) is 83.7 Å². The summed E-state index contributed by atoms with van der Waals surface area (Å²) in [7, 11) is 6.27. The first-order chi connectivity index (χ1) is 39.8. The second kappa shape index (κ2) is 54.0. The van der Waals surface area contributed by atoms with E-state index in [1.807, 2.05) is 52.8 Å². The second-order valence-corrected chi connectivity index (χ2v) is 24.3. The number of hydrogen-bond donors (Lipinski definition) is 2. The number of anilines is 2. The van der Waals surface area contributed by atoms with E-state index in [4.69, 9.17) is 30.9 Å². The van der Waals surface area contributed by atoms with Crippen molar-refractivity contribution in [3.05, 3.63) is 85.0 Å². The number of amides is 3. The SMILES string of the molecule is C=CC.C=CCC.CC.CC.CCCCCCCCC(=O)NCCCOCCOCCOCCCN1C(=O)C=CC1=O.COSc1ccc(NCCS(=O)OC)c(C(C)(C)C)c1.COSc1ccc2c(c1)C(C)(C)C(C)N2CCS(=O)OC. The largest absolute Gasteiger partial charge is 0.384 e. The van der Waals surface area contributed by atoms with Crippen molar-refractivity contribution < 1.29 is 53.7 Å². The highest BCUT2D eigenvalue weighted by atomic mass is 32.2. The van der Waals surface area contributed by atoms with Crippen molar-refractivity contribution in [3.63, 3.8) is 0 Å². The average Bonchev–Trinajstić information content (AvgIpc) is 4.13. The van der Waals surface area contributed by atoms with E-state index in [1.54, 1.807) is 20.3 Å². The molecule has 2 heterocycles. The maximum Gasteiger partial charge on any atom is 0.253 e. The smallest absolute Gasteiger partial charge is 0.253 e. The summed E-state index contributed by atoms with van der Waals surface area (Å²) in [5.74, 6) is 0.599. The molecule has 0 spiro atoms. The van der Waals surface area contributed by atoms with E-state index in [1.165, 1.54) is 97.9 Å². The van der Waals surface area contributed by atoms with Crippen molar-refractivity contribution >= 4 is 75.3 Å². The van der Waals surface area contributed by atoms with E-state index in [-0.39, 0.29) is 28.6 Å². The quantitative estimate of drug-likeness (QED) is 0.0288. The Morgan fingerprint density at radius 2 is 1.20 bits per heavy atom. The molecule has 2 aromatic carbocycles. The van der Waals surface area contributed by atoms with Crippen LogP contribution >= 0.6 is 24.1 Å². The summed E-state index contributed by atoms with van der Waals surface area (Å²) in [6.07, 6.45) is 16.4. The molecule has 0 saturated carbocycles. The highest BCUT2D eigenvalue weighted by molar-refractivity contribution is 7.94. The van der Waals surface area contributed by atoms with Crippen molar-refractivity contribution in [2.45, 2.75) is 181 Å². The molecule has 0 bridgehead atoms. The molecule has 3 unspecified atom stereocenters. The van der Waals surface area contributed by atoms with Gasteiger partial charge in [-0.3, -0.25) is 27.6 Å². The molecular formula is C63H112N4O12S4. The zero-order valence-corrected chi connectivity index (χ0v) is 57.5. The highest BCUT2D eigenvalue weighted by Gasteiger charge is 2.42. The third kappa shape index (κ3) is 39.1. The molecule has 0 aromatic heterocycles. The number of carbonyl (C=O) groups excluding carboxylic acids is 3. The van der Waals surface area contributed by atoms with Crippen LogP contribution in [-0.4, -0.2) is 143 Å². The van der Waals surface area contributed by atoms with Gasteiger partial charge in [-0.2, -0.15) is 0 Å². The number of ether oxygens (including phenoxy) is 3. The Kier molecular flexibility index (Phi) is 54.5. The number of unbranched alkanes of at least 4 members (excludes halogenated alkanes) is 5. The first kappa shape index (κ1) is 83.8. The van der Waals surface area contributed by atoms with Gasteiger partial charge in [0, 0.05) is 115 Å². The standard InChI is InChI=1S/C23H40N2O6.C15H23NO3S2.C14H23NO3S2.C4H8.C3H6.2C2H6/c1-2-3-4-5-6-7-10-21(26)24-13-8-15-29-17-19-31-20-18-30-16-9-14-25-22(27)11-12-23(25)28;1-11-15(2,3)13-10-12(20-18-4)6-7-14(13)16(11)8-9-21(17)19-5;1-14(2,3)12-10-11(19-17-4)6-7-13(12)15-8-9-20(16)18-5;1-3-4-2;1-3-2;2*1-2/h11-12H,2-10,13-20H2,1H3,(H,24,26);6-7,10-11H,8-9H2,1-5H3;6-7,10,15H,8-9H2,1-5H3;3H,1,4H2,2H3;3H,1H2,2H3;2*1-2H3. The zero-order valence-electron chi connectivity index (χ0n) is 54.2. The molecule has 0 aliphatic carbocycles. The van der Waals surface area contributed by atoms with Gasteiger partial charge in [0.1, 0.15) is 0 Å². The highest BCUT2D eigenvalue weighted by Crippen LogP contribution is 2.46. The van der Waals surface area contributed by atoms with Gasteiger partial charge in [0.05, 0.1) is 66.4 Å². The maximum atomic E-state index is 11.7. The fraction of sp³-hybridized carbons (Fsp3) is 0.667. The van der Waals surface area contributed by atoms with Crippen LogP contribution in [-0.2, 0) is 78.3 Å². The summed E-state index contributed by atoms with van der Waals surface area (Å²) in [6, 6.07) is 12.9. The molecule has 0 saturated heterocycles. The molecule has 480 valence electrons. The molecule has 4 rings (SSSR count). The van der Waals surface area contributed by atoms with Crippen molar-refractivity contribution in [1.82, 2.24) is 10.2 Å². The first-order valence-corrected chi connectivity index (χ1v) is 33.5. The summed E-state index contributed by atoms with van der Waals surface area (Å²) in [4.78, 5) is 40.2. The monoisotopic (exact) mass is 1240 g/mol. The summed E-state index contributed by atoms with van der Waals surface area (Å²) < 4.78 is 59.0. The predicted molar refractivity (Wildman–Crippen MR) is 353 cm³/mol. The van der Waals surface area contributed by atoms with Crippen molar-refractivity contribution in [3.8, 4) is 0 Å². The Labute approximate surface area is 518 Å². The summed E-state index contributed by atoms with van der Waals surface area (Å²) in [6.45, 7) is 39.6. The molecule has 2 aliphatic rings. The Morgan fingerprint density at radius 3 is 1.72 bits per heavy atom. The maximum absolute atomic E-state index is 11.7. The molecule has 3 atom stereocenters. The van der Waals surface area contributed by atoms with Crippen LogP contribution in [0.2, 0.25) is 0 Å². The van der Waals surface area contributed by atoms with Crippen molar-refractivity contribution in [2.75, 3.05) is 116 Å². The molecule has 2 N–H and O–H groups in total. The van der Waals surface area contributed by atoms with Crippen LogP contribution in [0, 0.1) is 0 Å². The number of imide groups is 1. The third-order valence-corrected chi connectivity index (χ3v) is 15.3. The van der Waals surface area contributed by atoms with E-state index in [0.29, 0.717) is 89.7 Å². The number of hydrogen-bond acceptors (Lipinski definition) is 16. The molecule has 3 amide bonds. The normalized spacial score (nSPS) is 14.2. The van der Waals surface area contributed by atoms with Crippen LogP contribution in [0.5, 0.6) is 0 Å². The van der Waals surface area contributed by atoms with Gasteiger partial charge in [-0.05, 0) is 92.5 Å². The molecule has 2 aromatic rings. The van der Waals surface area contributed by atoms with E-state index in [0.717, 1.165) is 47.7 Å². The fourth-order valence-electron chi connectivity index (χ4n) is 7.70. The van der Waals surface area contributed by atoms with Gasteiger partial charge < -0.3 is 38.1 Å². The molecular weight excluding hydrogens is 1130 g/mol. The Balaban J connectivity index is -0.00000108. The lowest BCUT2D eigenvalue weighted by Gasteiger charge is -2.31. The molecule has 16 nitrogen and oxygen atoms in total. The average molecular weight is 1250 g/mol. The topological polar surface area (TPSA) is 180 Å². The van der Waals surface area contributed by atoms with Gasteiger partial charge in [-0.25, -0.2) is 8.42 Å². The first-order valence-electron chi connectivity index (χ1n) is 29.6. The number of allylic oxidation sites excluding steroid dienone is 2. The minimum Gasteiger partial charge on any atom is -0.384 e. The number of nitrogens with one attached hydrogen (secondary N) is 2. The van der Waals surface area contributed by atoms with Gasteiger partial charge >= 0.3 is 0 Å². The van der Waals surface area contributed by atoms with Crippen molar-refractivity contribution in [2.24, 2.45) is 0 Å². The Hall–Kier alpha value is -3.41. The summed E-state index contributed by atoms with van der Waals surface area (Å²) in [5.41, 5.74) is 4.89. The minimum atomic E-state index is -1.22. The van der Waals surface area contributed by atoms with E-state index in [9.17, 15) is 22.8 Å². The van der Waals surface area contributed by atoms with Crippen LogP contribution in [0.25, 0.3) is 0 Å². The van der Waals surface area contributed by atoms with Gasteiger partial charge in [0.2, 0.25) is 5.91 Å². The lowest BCUT2D eigenvalue weighted by molar-refractivity contribution is -0.137. The van der Waals surface area contributed by atoms with Crippen LogP contribution in [0.4, 0.5) is 11.4 Å². The minimum absolute atomic E-state index is 0.0209. The predicted octanol–water partition coefficient (Wildman–Crippen LogP) is 13.9. The number of carbonyl (C=O) groups is 3.